The number of hydrogen-bond donors (Lipinski definition) is 0. The van der Waals surface area contributed by atoms with Crippen LogP contribution in [-0.4, -0.2) is 27.2 Å². The summed E-state index contributed by atoms with van der Waals surface area (Å²) in [6.45, 7) is 9.28. The average Bonchev–Trinajstić information content (AvgIpc) is 0.797. The molecule has 4 aliphatic heterocycles. The molecule has 0 aromatic heterocycles. The van der Waals surface area contributed by atoms with Gasteiger partial charge in [0.2, 0.25) is 27.2 Å². The lowest BCUT2D eigenvalue weighted by atomic mass is 9.76. The lowest BCUT2D eigenvalue weighted by Crippen LogP contribution is -2.23. The first-order valence-corrected chi connectivity index (χ1v) is 39.0. The largest absolute Gasteiger partial charge is 0.456 e. The standard InChI is InChI=1S/C76H108Br4O8/c1-5-9-13-17-21-25-29-33-37-41-53-57-45-59-54(42-38-34-30-26-22-18-14-10-6-2)61-47-63-56(44-40-36-32-28-24-20-16-12-8-4)64-48-62-55(43-39-35-31-27-23-19-15-11-7-3)60-46-58(53)70-66(78)72(60)84-51-86-74(62)68(80)76(64)88-52-87-75(63)67(79)73(61)85-50-83-71(59)65(77)69(57)81-49-82-70/h45-48,53-56H,5-44,49-52H2,1-4H3. The topological polar surface area (TPSA) is 73.8 Å². The zero-order chi connectivity index (χ0) is 61.5. The molecule has 4 aromatic rings. The van der Waals surface area contributed by atoms with Gasteiger partial charge in [-0.15, -0.1) is 0 Å². The van der Waals surface area contributed by atoms with Gasteiger partial charge in [0.05, 0.1) is 0 Å². The fraction of sp³-hybridized carbons (Fsp3) is 0.684. The Balaban J connectivity index is 1.23. The van der Waals surface area contributed by atoms with Gasteiger partial charge in [0, 0.05) is 68.2 Å². The minimum absolute atomic E-state index is 0.0143. The summed E-state index contributed by atoms with van der Waals surface area (Å²) in [6, 6.07) is 10.0. The van der Waals surface area contributed by atoms with Crippen molar-refractivity contribution in [3.8, 4) is 46.0 Å². The molecule has 5 aliphatic rings. The highest BCUT2D eigenvalue weighted by molar-refractivity contribution is 9.11. The van der Waals surface area contributed by atoms with Crippen molar-refractivity contribution in [3.05, 3.63) is 86.7 Å². The molecule has 8 nitrogen and oxygen atoms in total. The van der Waals surface area contributed by atoms with E-state index in [9.17, 15) is 0 Å². The van der Waals surface area contributed by atoms with E-state index < -0.39 is 0 Å². The molecule has 0 spiro atoms. The lowest BCUT2D eigenvalue weighted by Gasteiger charge is -2.36. The number of benzene rings is 4. The van der Waals surface area contributed by atoms with E-state index in [0.29, 0.717) is 0 Å². The van der Waals surface area contributed by atoms with Gasteiger partial charge in [0.25, 0.3) is 0 Å². The van der Waals surface area contributed by atoms with Gasteiger partial charge in [0.15, 0.2) is 0 Å². The van der Waals surface area contributed by atoms with E-state index in [-0.39, 0.29) is 50.8 Å². The molecule has 4 aromatic carbocycles. The number of rotatable bonds is 40. The van der Waals surface area contributed by atoms with Crippen LogP contribution in [0.25, 0.3) is 0 Å². The molecule has 88 heavy (non-hydrogen) atoms. The molecule has 0 N–H and O–H groups in total. The van der Waals surface area contributed by atoms with Crippen LogP contribution in [0.5, 0.6) is 46.0 Å². The second-order valence-electron chi connectivity index (χ2n) is 26.4. The molecule has 0 fully saturated rings. The van der Waals surface area contributed by atoms with Crippen LogP contribution in [0.4, 0.5) is 0 Å². The fourth-order valence-electron chi connectivity index (χ4n) is 15.0. The van der Waals surface area contributed by atoms with Gasteiger partial charge in [-0.25, -0.2) is 0 Å². The second kappa shape index (κ2) is 37.2. The van der Waals surface area contributed by atoms with Crippen molar-refractivity contribution in [3.63, 3.8) is 0 Å². The number of hydrogen-bond acceptors (Lipinski definition) is 8. The summed E-state index contributed by atoms with van der Waals surface area (Å²) in [7, 11) is 0. The van der Waals surface area contributed by atoms with Crippen LogP contribution >= 0.6 is 63.7 Å². The molecule has 488 valence electrons. The molecule has 12 heteroatoms. The summed E-state index contributed by atoms with van der Waals surface area (Å²) in [6.07, 6.45) is 49.1. The van der Waals surface area contributed by atoms with Gasteiger partial charge in [-0.2, -0.15) is 0 Å². The van der Waals surface area contributed by atoms with Crippen molar-refractivity contribution in [2.45, 2.75) is 308 Å². The molecule has 0 amide bonds. The summed E-state index contributed by atoms with van der Waals surface area (Å²) in [5, 5.41) is 0. The Morgan fingerprint density at radius 3 is 0.511 bits per heavy atom. The molecule has 0 atom stereocenters. The van der Waals surface area contributed by atoms with E-state index in [4.69, 9.17) is 37.9 Å². The van der Waals surface area contributed by atoms with Crippen molar-refractivity contribution >= 4 is 63.7 Å². The molecule has 1 aliphatic carbocycles. The van der Waals surface area contributed by atoms with Crippen molar-refractivity contribution in [2.24, 2.45) is 0 Å². The average molecular weight is 1470 g/mol. The van der Waals surface area contributed by atoms with Crippen LogP contribution in [0.2, 0.25) is 0 Å². The molecule has 0 saturated carbocycles. The Labute approximate surface area is 565 Å². The quantitative estimate of drug-likeness (QED) is 0.0408. The van der Waals surface area contributed by atoms with Crippen LogP contribution in [0.3, 0.4) is 0 Å². The molecule has 0 unspecified atom stereocenters. The number of halogens is 4. The Hall–Kier alpha value is -2.80. The highest BCUT2D eigenvalue weighted by Crippen LogP contribution is 2.60. The van der Waals surface area contributed by atoms with Gasteiger partial charge >= 0.3 is 0 Å². The SMILES string of the molecule is CCCCCCCCCCCC1c2cc3c4c(Br)c2OCOc2c1cc1c(c2Br)OCOc2c(cc5c(c2Br)OCOc2c(cc(c(c2Br)OCO4)C3CCCCCCCCCCC)C5CCCCCCCCCCC)C1CCCCCCCCCCC. The van der Waals surface area contributed by atoms with Crippen LogP contribution in [-0.2, 0) is 0 Å². The van der Waals surface area contributed by atoms with Crippen molar-refractivity contribution < 1.29 is 37.9 Å². The van der Waals surface area contributed by atoms with Gasteiger partial charge in [-0.1, -0.05) is 259 Å². The maximum atomic E-state index is 6.95. The van der Waals surface area contributed by atoms with Crippen LogP contribution in [0.15, 0.2) is 42.2 Å². The first-order chi connectivity index (χ1) is 43.3. The van der Waals surface area contributed by atoms with Crippen molar-refractivity contribution in [1.29, 1.82) is 0 Å². The molecule has 0 saturated heterocycles. The van der Waals surface area contributed by atoms with E-state index in [1.54, 1.807) is 0 Å². The minimum Gasteiger partial charge on any atom is -0.456 e. The molecule has 9 rings (SSSR count). The normalized spacial score (nSPS) is 17.6. The van der Waals surface area contributed by atoms with Crippen molar-refractivity contribution in [2.75, 3.05) is 27.2 Å². The minimum atomic E-state index is -0.0718. The number of ether oxygens (including phenoxy) is 8. The Morgan fingerprint density at radius 1 is 0.227 bits per heavy atom. The first-order valence-electron chi connectivity index (χ1n) is 35.8. The van der Waals surface area contributed by atoms with Crippen LogP contribution in [0.1, 0.15) is 353 Å². The van der Waals surface area contributed by atoms with Crippen molar-refractivity contribution in [1.82, 2.24) is 0 Å². The molecule has 8 bridgehead atoms. The van der Waals surface area contributed by atoms with Crippen LogP contribution in [0, 0.1) is 0 Å². The molecule has 4 heterocycles. The Morgan fingerprint density at radius 2 is 0.364 bits per heavy atom. The molecular weight excluding hydrogens is 1360 g/mol. The summed E-state index contributed by atoms with van der Waals surface area (Å²) in [5.74, 6) is 5.99. The smallest absolute Gasteiger partial charge is 0.231 e. The summed E-state index contributed by atoms with van der Waals surface area (Å²) >= 11 is 17.0. The maximum Gasteiger partial charge on any atom is 0.231 e. The van der Waals surface area contributed by atoms with Gasteiger partial charge in [-0.3, -0.25) is 0 Å². The van der Waals surface area contributed by atoms with Gasteiger partial charge < -0.3 is 37.9 Å². The summed E-state index contributed by atoms with van der Waals surface area (Å²) < 4.78 is 58.9. The van der Waals surface area contributed by atoms with E-state index in [1.807, 2.05) is 0 Å². The molecule has 0 radical (unpaired) electrons. The monoisotopic (exact) mass is 1460 g/mol. The fourth-order valence-corrected chi connectivity index (χ4v) is 17.8. The predicted molar refractivity (Wildman–Crippen MR) is 376 cm³/mol. The molecular formula is C76H108Br4O8. The summed E-state index contributed by atoms with van der Waals surface area (Å²) in [4.78, 5) is 0. The van der Waals surface area contributed by atoms with Crippen LogP contribution < -0.4 is 37.9 Å². The Bertz CT molecular complexity index is 2300. The third kappa shape index (κ3) is 17.9. The van der Waals surface area contributed by atoms with Gasteiger partial charge in [-0.05, 0) is 114 Å². The van der Waals surface area contributed by atoms with E-state index in [0.717, 1.165) is 115 Å². The van der Waals surface area contributed by atoms with E-state index in [1.165, 1.54) is 250 Å². The first kappa shape index (κ1) is 69.5. The lowest BCUT2D eigenvalue weighted by molar-refractivity contribution is 0.0954. The third-order valence-corrected chi connectivity index (χ3v) is 22.8. The number of unbranched alkanes of at least 4 members (excludes halogenated alkanes) is 32. The second-order valence-corrected chi connectivity index (χ2v) is 29.6. The highest BCUT2D eigenvalue weighted by Gasteiger charge is 2.41. The Kier molecular flexibility index (Phi) is 29.4. The van der Waals surface area contributed by atoms with Gasteiger partial charge in [0.1, 0.15) is 63.9 Å². The van der Waals surface area contributed by atoms with E-state index >= 15 is 0 Å². The summed E-state index contributed by atoms with van der Waals surface area (Å²) in [5.41, 5.74) is 9.39. The zero-order valence-electron chi connectivity index (χ0n) is 54.5. The van der Waals surface area contributed by atoms with E-state index in [2.05, 4.69) is 116 Å². The highest BCUT2D eigenvalue weighted by atomic mass is 79.9. The zero-order valence-corrected chi connectivity index (χ0v) is 60.9. The predicted octanol–water partition coefficient (Wildman–Crippen LogP) is 26.2. The maximum absolute atomic E-state index is 6.95. The third-order valence-electron chi connectivity index (χ3n) is 20.0.